The fourth-order valence-electron chi connectivity index (χ4n) is 1.55. The summed E-state index contributed by atoms with van der Waals surface area (Å²) in [6, 6.07) is 3.96. The van der Waals surface area contributed by atoms with Crippen LogP contribution in [0.2, 0.25) is 0 Å². The quantitative estimate of drug-likeness (QED) is 0.772. The highest BCUT2D eigenvalue weighted by atomic mass is 32.2. The standard InChI is InChI=1S/C12H21NO2S/c1-3-10(13)12(11-5-4-8-15-11)16-9(2)6-7-14/h4-5,8-10,12,14H,3,6-7,13H2,1-2H3. The SMILES string of the molecule is CCC(N)C(SC(C)CCO)c1ccco1. The highest BCUT2D eigenvalue weighted by Gasteiger charge is 2.23. The van der Waals surface area contributed by atoms with Crippen LogP contribution in [0, 0.1) is 0 Å². The number of nitrogens with two attached hydrogens (primary N) is 1. The summed E-state index contributed by atoms with van der Waals surface area (Å²) < 4.78 is 5.43. The Morgan fingerprint density at radius 2 is 2.31 bits per heavy atom. The number of aliphatic hydroxyl groups excluding tert-OH is 1. The van der Waals surface area contributed by atoms with Crippen molar-refractivity contribution in [1.29, 1.82) is 0 Å². The van der Waals surface area contributed by atoms with Gasteiger partial charge in [-0.05, 0) is 25.0 Å². The van der Waals surface area contributed by atoms with E-state index in [9.17, 15) is 0 Å². The van der Waals surface area contributed by atoms with Gasteiger partial charge in [0.05, 0.1) is 11.5 Å². The van der Waals surface area contributed by atoms with E-state index in [1.807, 2.05) is 12.1 Å². The molecule has 3 unspecified atom stereocenters. The van der Waals surface area contributed by atoms with Gasteiger partial charge in [-0.25, -0.2) is 0 Å². The number of hydrogen-bond acceptors (Lipinski definition) is 4. The maximum Gasteiger partial charge on any atom is 0.118 e. The summed E-state index contributed by atoms with van der Waals surface area (Å²) in [4.78, 5) is 0. The van der Waals surface area contributed by atoms with Crippen molar-refractivity contribution < 1.29 is 9.52 Å². The normalized spacial score (nSPS) is 17.0. The molecule has 0 saturated heterocycles. The molecule has 0 aliphatic carbocycles. The second-order valence-electron chi connectivity index (χ2n) is 3.97. The predicted molar refractivity (Wildman–Crippen MR) is 68.5 cm³/mol. The van der Waals surface area contributed by atoms with Crippen molar-refractivity contribution >= 4 is 11.8 Å². The minimum atomic E-state index is 0.0947. The van der Waals surface area contributed by atoms with Crippen LogP contribution in [0.15, 0.2) is 22.8 Å². The lowest BCUT2D eigenvalue weighted by Crippen LogP contribution is -2.26. The lowest BCUT2D eigenvalue weighted by atomic mass is 10.1. The van der Waals surface area contributed by atoms with Gasteiger partial charge >= 0.3 is 0 Å². The summed E-state index contributed by atoms with van der Waals surface area (Å²) in [6.07, 6.45) is 3.39. The average molecular weight is 243 g/mol. The van der Waals surface area contributed by atoms with E-state index >= 15 is 0 Å². The van der Waals surface area contributed by atoms with E-state index in [1.54, 1.807) is 18.0 Å². The summed E-state index contributed by atoms with van der Waals surface area (Å²) >= 11 is 1.78. The number of furan rings is 1. The number of hydrogen-bond donors (Lipinski definition) is 2. The zero-order chi connectivity index (χ0) is 12.0. The van der Waals surface area contributed by atoms with E-state index in [0.29, 0.717) is 5.25 Å². The van der Waals surface area contributed by atoms with Gasteiger partial charge in [0.1, 0.15) is 5.76 Å². The van der Waals surface area contributed by atoms with Gasteiger partial charge < -0.3 is 15.3 Å². The summed E-state index contributed by atoms with van der Waals surface area (Å²) in [7, 11) is 0. The predicted octanol–water partition coefficient (Wildman–Crippen LogP) is 2.56. The van der Waals surface area contributed by atoms with Crippen molar-refractivity contribution in [3.05, 3.63) is 24.2 Å². The van der Waals surface area contributed by atoms with Crippen LogP contribution in [-0.2, 0) is 0 Å². The Morgan fingerprint density at radius 3 is 2.81 bits per heavy atom. The van der Waals surface area contributed by atoms with Crippen LogP contribution in [0.1, 0.15) is 37.7 Å². The van der Waals surface area contributed by atoms with Crippen LogP contribution in [0.3, 0.4) is 0 Å². The van der Waals surface area contributed by atoms with Gasteiger partial charge in [-0.1, -0.05) is 13.8 Å². The number of aliphatic hydroxyl groups is 1. The zero-order valence-corrected chi connectivity index (χ0v) is 10.7. The largest absolute Gasteiger partial charge is 0.468 e. The van der Waals surface area contributed by atoms with Gasteiger partial charge in [0.15, 0.2) is 0 Å². The molecule has 1 aromatic heterocycles. The molecule has 3 atom stereocenters. The molecule has 3 N–H and O–H groups in total. The first-order valence-electron chi connectivity index (χ1n) is 5.74. The molecule has 0 bridgehead atoms. The van der Waals surface area contributed by atoms with Gasteiger partial charge in [0.25, 0.3) is 0 Å². The number of thioether (sulfide) groups is 1. The third-order valence-corrected chi connectivity index (χ3v) is 4.17. The Kier molecular flexibility index (Phi) is 5.95. The Balaban J connectivity index is 2.65. The van der Waals surface area contributed by atoms with Crippen molar-refractivity contribution in [2.75, 3.05) is 6.61 Å². The maximum atomic E-state index is 8.91. The van der Waals surface area contributed by atoms with Gasteiger partial charge in [0, 0.05) is 17.9 Å². The molecule has 92 valence electrons. The summed E-state index contributed by atoms with van der Waals surface area (Å²) in [5.74, 6) is 0.934. The lowest BCUT2D eigenvalue weighted by molar-refractivity contribution is 0.288. The molecule has 4 heteroatoms. The summed E-state index contributed by atoms with van der Waals surface area (Å²) in [6.45, 7) is 4.41. The first kappa shape index (κ1) is 13.6. The van der Waals surface area contributed by atoms with Crippen molar-refractivity contribution in [3.63, 3.8) is 0 Å². The molecule has 0 spiro atoms. The molecule has 3 nitrogen and oxygen atoms in total. The molecular weight excluding hydrogens is 222 g/mol. The number of rotatable bonds is 7. The van der Waals surface area contributed by atoms with Gasteiger partial charge in [-0.3, -0.25) is 0 Å². The van der Waals surface area contributed by atoms with E-state index in [4.69, 9.17) is 15.3 Å². The smallest absolute Gasteiger partial charge is 0.118 e. The van der Waals surface area contributed by atoms with E-state index in [0.717, 1.165) is 18.6 Å². The molecule has 0 radical (unpaired) electrons. The second kappa shape index (κ2) is 6.99. The van der Waals surface area contributed by atoms with E-state index in [1.165, 1.54) is 0 Å². The average Bonchev–Trinajstić information content (AvgIpc) is 2.78. The Labute approximate surface area is 101 Å². The van der Waals surface area contributed by atoms with Crippen LogP contribution >= 0.6 is 11.8 Å². The molecule has 0 fully saturated rings. The fraction of sp³-hybridized carbons (Fsp3) is 0.667. The molecule has 1 heterocycles. The minimum Gasteiger partial charge on any atom is -0.468 e. The Bertz CT molecular complexity index is 277. The monoisotopic (exact) mass is 243 g/mol. The third kappa shape index (κ3) is 3.85. The van der Waals surface area contributed by atoms with Crippen LogP contribution in [0.5, 0.6) is 0 Å². The van der Waals surface area contributed by atoms with Crippen molar-refractivity contribution in [2.24, 2.45) is 5.73 Å². The molecule has 16 heavy (non-hydrogen) atoms. The van der Waals surface area contributed by atoms with Gasteiger partial charge in [0.2, 0.25) is 0 Å². The lowest BCUT2D eigenvalue weighted by Gasteiger charge is -2.23. The minimum absolute atomic E-state index is 0.0947. The van der Waals surface area contributed by atoms with Crippen LogP contribution in [0.25, 0.3) is 0 Å². The molecule has 0 aliphatic heterocycles. The van der Waals surface area contributed by atoms with Gasteiger partial charge in [-0.15, -0.1) is 11.8 Å². The highest BCUT2D eigenvalue weighted by molar-refractivity contribution is 8.00. The van der Waals surface area contributed by atoms with E-state index in [2.05, 4.69) is 13.8 Å². The van der Waals surface area contributed by atoms with E-state index in [-0.39, 0.29) is 17.9 Å². The maximum absolute atomic E-state index is 8.91. The molecule has 1 rings (SSSR count). The van der Waals surface area contributed by atoms with Crippen molar-refractivity contribution in [1.82, 2.24) is 0 Å². The molecule has 0 aromatic carbocycles. The Morgan fingerprint density at radius 1 is 1.56 bits per heavy atom. The summed E-state index contributed by atoms with van der Waals surface area (Å²) in [5, 5.41) is 9.48. The third-order valence-electron chi connectivity index (χ3n) is 2.60. The summed E-state index contributed by atoms with van der Waals surface area (Å²) in [5.41, 5.74) is 6.11. The van der Waals surface area contributed by atoms with Crippen LogP contribution in [0.4, 0.5) is 0 Å². The molecule has 0 saturated carbocycles. The van der Waals surface area contributed by atoms with Crippen LogP contribution in [-0.4, -0.2) is 23.0 Å². The fourth-order valence-corrected chi connectivity index (χ4v) is 2.95. The van der Waals surface area contributed by atoms with Crippen molar-refractivity contribution in [3.8, 4) is 0 Å². The van der Waals surface area contributed by atoms with Crippen molar-refractivity contribution in [2.45, 2.75) is 43.2 Å². The topological polar surface area (TPSA) is 59.4 Å². The molecule has 0 aliphatic rings. The van der Waals surface area contributed by atoms with Gasteiger partial charge in [-0.2, -0.15) is 0 Å². The zero-order valence-electron chi connectivity index (χ0n) is 9.93. The highest BCUT2D eigenvalue weighted by Crippen LogP contribution is 2.36. The Hall–Kier alpha value is -0.450. The van der Waals surface area contributed by atoms with E-state index < -0.39 is 0 Å². The molecule has 1 aromatic rings. The molecule has 0 amide bonds. The first-order valence-corrected chi connectivity index (χ1v) is 6.68. The second-order valence-corrected chi connectivity index (χ2v) is 5.55. The van der Waals surface area contributed by atoms with Crippen LogP contribution < -0.4 is 5.73 Å². The first-order chi connectivity index (χ1) is 7.69. The molecular formula is C12H21NO2S.